The molecular formula is C22H29N5O7S. The zero-order chi connectivity index (χ0) is 26.0. The summed E-state index contributed by atoms with van der Waals surface area (Å²) in [5, 5.41) is 26.3. The van der Waals surface area contributed by atoms with Gasteiger partial charge in [0.15, 0.2) is 0 Å². The topological polar surface area (TPSA) is 204 Å². The number of hydrogen-bond donors (Lipinski definition) is 7. The Labute approximate surface area is 205 Å². The zero-order valence-electron chi connectivity index (χ0n) is 19.1. The van der Waals surface area contributed by atoms with E-state index in [9.17, 15) is 29.1 Å². The molecule has 0 saturated heterocycles. The third-order valence-electron chi connectivity index (χ3n) is 5.17. The number of carbonyl (C=O) groups is 5. The van der Waals surface area contributed by atoms with Crippen LogP contribution in [0.3, 0.4) is 0 Å². The van der Waals surface area contributed by atoms with Crippen molar-refractivity contribution in [1.29, 1.82) is 0 Å². The number of carboxylic acids is 2. The maximum atomic E-state index is 13.2. The second kappa shape index (κ2) is 13.3. The molecule has 1 heterocycles. The summed E-state index contributed by atoms with van der Waals surface area (Å²) in [6.07, 6.45) is 2.96. The molecule has 3 unspecified atom stereocenters. The smallest absolute Gasteiger partial charge is 0.326 e. The van der Waals surface area contributed by atoms with Crippen molar-refractivity contribution in [2.75, 3.05) is 18.6 Å². The Hall–Kier alpha value is -3.58. The van der Waals surface area contributed by atoms with Gasteiger partial charge in [0.05, 0.1) is 13.0 Å². The summed E-state index contributed by atoms with van der Waals surface area (Å²) < 4.78 is 0. The van der Waals surface area contributed by atoms with E-state index in [2.05, 4.69) is 20.9 Å². The minimum atomic E-state index is -1.66. The first-order valence-electron chi connectivity index (χ1n) is 10.7. The molecular weight excluding hydrogens is 478 g/mol. The van der Waals surface area contributed by atoms with Crippen molar-refractivity contribution in [3.63, 3.8) is 0 Å². The summed E-state index contributed by atoms with van der Waals surface area (Å²) in [7, 11) is 0. The molecule has 0 saturated carbocycles. The molecule has 1 aromatic heterocycles. The van der Waals surface area contributed by atoms with E-state index in [1.165, 1.54) is 11.8 Å². The zero-order valence-corrected chi connectivity index (χ0v) is 19.9. The standard InChI is InChI=1S/C22H29N5O7S/c1-35-7-6-15(20(31)27-17(22(33)34)9-19(29)30)26-21(32)16(25-18(28)10-23)8-12-11-24-14-5-3-2-4-13(12)14/h2-5,11,15-17,24H,6-10,23H2,1H3,(H,25,28)(H,26,32)(H,27,31)(H,29,30)(H,33,34). The predicted octanol–water partition coefficient (Wildman–Crippen LogP) is -0.564. The van der Waals surface area contributed by atoms with E-state index in [-0.39, 0.29) is 19.4 Å². The molecule has 8 N–H and O–H groups in total. The number of amides is 3. The molecule has 2 rings (SSSR count). The lowest BCUT2D eigenvalue weighted by molar-refractivity contribution is -0.147. The van der Waals surface area contributed by atoms with Gasteiger partial charge in [0.25, 0.3) is 0 Å². The van der Waals surface area contributed by atoms with Gasteiger partial charge in [-0.3, -0.25) is 19.2 Å². The number of thioether (sulfide) groups is 1. The van der Waals surface area contributed by atoms with Gasteiger partial charge in [-0.15, -0.1) is 0 Å². The van der Waals surface area contributed by atoms with Crippen LogP contribution in [0.25, 0.3) is 10.9 Å². The Balaban J connectivity index is 2.22. The number of nitrogens with two attached hydrogens (primary N) is 1. The Morgan fingerprint density at radius 1 is 1.00 bits per heavy atom. The molecule has 12 nitrogen and oxygen atoms in total. The van der Waals surface area contributed by atoms with Gasteiger partial charge < -0.3 is 36.9 Å². The summed E-state index contributed by atoms with van der Waals surface area (Å²) in [6, 6.07) is 3.55. The number of H-pyrrole nitrogens is 1. The number of carboxylic acid groups (broad SMARTS) is 2. The molecule has 13 heteroatoms. The third kappa shape index (κ3) is 8.30. The highest BCUT2D eigenvalue weighted by atomic mass is 32.2. The van der Waals surface area contributed by atoms with Crippen LogP contribution in [-0.4, -0.2) is 81.5 Å². The fraction of sp³-hybridized carbons (Fsp3) is 0.409. The van der Waals surface area contributed by atoms with Gasteiger partial charge in [0.1, 0.15) is 18.1 Å². The van der Waals surface area contributed by atoms with E-state index in [4.69, 9.17) is 10.8 Å². The number of para-hydroxylation sites is 1. The van der Waals surface area contributed by atoms with Crippen LogP contribution in [0.2, 0.25) is 0 Å². The lowest BCUT2D eigenvalue weighted by Crippen LogP contribution is -2.57. The number of benzene rings is 1. The van der Waals surface area contributed by atoms with Crippen molar-refractivity contribution in [3.05, 3.63) is 36.0 Å². The van der Waals surface area contributed by atoms with Gasteiger partial charge in [-0.25, -0.2) is 4.79 Å². The molecule has 0 bridgehead atoms. The Bertz CT molecular complexity index is 1070. The summed E-state index contributed by atoms with van der Waals surface area (Å²) in [5.74, 6) is -4.52. The Morgan fingerprint density at radius 3 is 2.29 bits per heavy atom. The number of aromatic amines is 1. The van der Waals surface area contributed by atoms with Crippen LogP contribution in [0.4, 0.5) is 0 Å². The third-order valence-corrected chi connectivity index (χ3v) is 5.82. The number of nitrogens with one attached hydrogen (secondary N) is 4. The van der Waals surface area contributed by atoms with Gasteiger partial charge in [-0.2, -0.15) is 11.8 Å². The molecule has 190 valence electrons. The van der Waals surface area contributed by atoms with Crippen molar-refractivity contribution in [2.45, 2.75) is 37.4 Å². The highest BCUT2D eigenvalue weighted by molar-refractivity contribution is 7.98. The van der Waals surface area contributed by atoms with E-state index in [1.807, 2.05) is 24.3 Å². The summed E-state index contributed by atoms with van der Waals surface area (Å²) in [4.78, 5) is 63.3. The SMILES string of the molecule is CSCCC(NC(=O)C(Cc1c[nH]c2ccccc12)NC(=O)CN)C(=O)NC(CC(=O)O)C(=O)O. The number of aliphatic carboxylic acids is 2. The highest BCUT2D eigenvalue weighted by Crippen LogP contribution is 2.19. The lowest BCUT2D eigenvalue weighted by atomic mass is 10.0. The van der Waals surface area contributed by atoms with Crippen LogP contribution in [0, 0.1) is 0 Å². The second-order valence-corrected chi connectivity index (χ2v) is 8.71. The van der Waals surface area contributed by atoms with Crippen LogP contribution in [-0.2, 0) is 30.4 Å². The van der Waals surface area contributed by atoms with Gasteiger partial charge >= 0.3 is 11.9 Å². The van der Waals surface area contributed by atoms with E-state index in [0.717, 1.165) is 16.5 Å². The molecule has 3 amide bonds. The Morgan fingerprint density at radius 2 is 1.66 bits per heavy atom. The molecule has 0 spiro atoms. The number of hydrogen-bond acceptors (Lipinski definition) is 7. The van der Waals surface area contributed by atoms with Gasteiger partial charge in [-0.1, -0.05) is 18.2 Å². The number of fused-ring (bicyclic) bond motifs is 1. The fourth-order valence-electron chi connectivity index (χ4n) is 3.41. The summed E-state index contributed by atoms with van der Waals surface area (Å²) >= 11 is 1.41. The summed E-state index contributed by atoms with van der Waals surface area (Å²) in [5.41, 5.74) is 7.01. The normalized spacial score (nSPS) is 13.4. The van der Waals surface area contributed by atoms with Crippen molar-refractivity contribution >= 4 is 52.3 Å². The average molecular weight is 508 g/mol. The maximum absolute atomic E-state index is 13.2. The molecule has 2 aromatic rings. The molecule has 0 aliphatic heterocycles. The molecule has 3 atom stereocenters. The molecule has 0 fully saturated rings. The highest BCUT2D eigenvalue weighted by Gasteiger charge is 2.30. The minimum Gasteiger partial charge on any atom is -0.481 e. The van der Waals surface area contributed by atoms with Crippen LogP contribution >= 0.6 is 11.8 Å². The molecule has 1 aromatic carbocycles. The first-order chi connectivity index (χ1) is 16.7. The predicted molar refractivity (Wildman–Crippen MR) is 130 cm³/mol. The quantitative estimate of drug-likeness (QED) is 0.175. The fourth-order valence-corrected chi connectivity index (χ4v) is 3.88. The number of rotatable bonds is 14. The Kier molecular flexibility index (Phi) is 10.5. The molecule has 0 radical (unpaired) electrons. The second-order valence-electron chi connectivity index (χ2n) is 7.73. The van der Waals surface area contributed by atoms with Crippen LogP contribution in [0.15, 0.2) is 30.5 Å². The molecule has 0 aliphatic rings. The van der Waals surface area contributed by atoms with Crippen molar-refractivity contribution < 1.29 is 34.2 Å². The largest absolute Gasteiger partial charge is 0.481 e. The van der Waals surface area contributed by atoms with E-state index >= 15 is 0 Å². The first-order valence-corrected chi connectivity index (χ1v) is 12.1. The average Bonchev–Trinajstić information content (AvgIpc) is 3.22. The van der Waals surface area contributed by atoms with E-state index in [0.29, 0.717) is 5.75 Å². The van der Waals surface area contributed by atoms with Crippen LogP contribution < -0.4 is 21.7 Å². The molecule has 35 heavy (non-hydrogen) atoms. The maximum Gasteiger partial charge on any atom is 0.326 e. The van der Waals surface area contributed by atoms with E-state index in [1.54, 1.807) is 12.5 Å². The number of carbonyl (C=O) groups excluding carboxylic acids is 3. The lowest BCUT2D eigenvalue weighted by Gasteiger charge is -2.24. The monoisotopic (exact) mass is 507 g/mol. The molecule has 0 aliphatic carbocycles. The van der Waals surface area contributed by atoms with Crippen LogP contribution in [0.1, 0.15) is 18.4 Å². The summed E-state index contributed by atoms with van der Waals surface area (Å²) in [6.45, 7) is -0.344. The van der Waals surface area contributed by atoms with Crippen molar-refractivity contribution in [1.82, 2.24) is 20.9 Å². The van der Waals surface area contributed by atoms with Gasteiger partial charge in [0.2, 0.25) is 17.7 Å². The van der Waals surface area contributed by atoms with Crippen molar-refractivity contribution in [3.8, 4) is 0 Å². The minimum absolute atomic E-state index is 0.106. The first kappa shape index (κ1) is 27.7. The van der Waals surface area contributed by atoms with Crippen LogP contribution in [0.5, 0.6) is 0 Å². The number of aromatic nitrogens is 1. The van der Waals surface area contributed by atoms with Crippen molar-refractivity contribution in [2.24, 2.45) is 5.73 Å². The van der Waals surface area contributed by atoms with Gasteiger partial charge in [0, 0.05) is 23.5 Å². The van der Waals surface area contributed by atoms with Gasteiger partial charge in [-0.05, 0) is 30.1 Å². The van der Waals surface area contributed by atoms with E-state index < -0.39 is 54.2 Å².